The first-order valence-electron chi connectivity index (χ1n) is 5.64. The Hall–Kier alpha value is -1.02. The van der Waals surface area contributed by atoms with Crippen LogP contribution in [0.5, 0.6) is 0 Å². The van der Waals surface area contributed by atoms with E-state index in [1.54, 1.807) is 0 Å². The zero-order valence-corrected chi connectivity index (χ0v) is 10.8. The fraction of sp³-hybridized carbons (Fsp3) is 0.462. The van der Waals surface area contributed by atoms with E-state index in [0.29, 0.717) is 5.02 Å². The molecule has 0 bridgehead atoms. The van der Waals surface area contributed by atoms with E-state index < -0.39 is 0 Å². The van der Waals surface area contributed by atoms with Crippen molar-refractivity contribution in [2.75, 3.05) is 13.1 Å². The summed E-state index contributed by atoms with van der Waals surface area (Å²) in [6.45, 7) is 7.44. The summed E-state index contributed by atoms with van der Waals surface area (Å²) in [5, 5.41) is 0.700. The molecule has 1 atom stereocenters. The molecule has 0 aromatic heterocycles. The summed E-state index contributed by atoms with van der Waals surface area (Å²) in [6.07, 6.45) is 0. The zero-order valence-electron chi connectivity index (χ0n) is 10.0. The highest BCUT2D eigenvalue weighted by Crippen LogP contribution is 2.20. The molecular weight excluding hydrogens is 222 g/mol. The Balaban J connectivity index is 2.81. The highest BCUT2D eigenvalue weighted by atomic mass is 35.5. The van der Waals surface area contributed by atoms with Crippen molar-refractivity contribution in [3.63, 3.8) is 0 Å². The lowest BCUT2D eigenvalue weighted by Gasteiger charge is -2.23. The van der Waals surface area contributed by atoms with Gasteiger partial charge in [0.2, 0.25) is 5.91 Å². The smallest absolute Gasteiger partial charge is 0.229 e. The lowest BCUT2D eigenvalue weighted by molar-refractivity contribution is -0.132. The number of hydrogen-bond donors (Lipinski definition) is 0. The van der Waals surface area contributed by atoms with Gasteiger partial charge in [0.15, 0.2) is 0 Å². The van der Waals surface area contributed by atoms with Crippen molar-refractivity contribution in [3.05, 3.63) is 34.9 Å². The SMILES string of the molecule is CCN(CC)C(=O)C(C)c1ccc(Cl)cc1. The fourth-order valence-electron chi connectivity index (χ4n) is 1.70. The number of amides is 1. The van der Waals surface area contributed by atoms with E-state index in [9.17, 15) is 4.79 Å². The van der Waals surface area contributed by atoms with Gasteiger partial charge in [-0.1, -0.05) is 23.7 Å². The van der Waals surface area contributed by atoms with Crippen LogP contribution in [-0.2, 0) is 4.79 Å². The van der Waals surface area contributed by atoms with Crippen molar-refractivity contribution < 1.29 is 4.79 Å². The topological polar surface area (TPSA) is 20.3 Å². The van der Waals surface area contributed by atoms with Crippen LogP contribution in [-0.4, -0.2) is 23.9 Å². The molecule has 0 aliphatic heterocycles. The highest BCUT2D eigenvalue weighted by Gasteiger charge is 2.19. The van der Waals surface area contributed by atoms with Crippen LogP contribution in [0.1, 0.15) is 32.3 Å². The third kappa shape index (κ3) is 2.99. The molecule has 0 aliphatic rings. The maximum absolute atomic E-state index is 12.1. The van der Waals surface area contributed by atoms with Crippen LogP contribution in [0.4, 0.5) is 0 Å². The first-order valence-corrected chi connectivity index (χ1v) is 6.02. The molecule has 1 unspecified atom stereocenters. The first kappa shape index (κ1) is 13.0. The van der Waals surface area contributed by atoms with E-state index in [1.807, 2.05) is 49.9 Å². The highest BCUT2D eigenvalue weighted by molar-refractivity contribution is 6.30. The van der Waals surface area contributed by atoms with Gasteiger partial charge in [0, 0.05) is 18.1 Å². The molecule has 0 heterocycles. The van der Waals surface area contributed by atoms with E-state index >= 15 is 0 Å². The number of hydrogen-bond acceptors (Lipinski definition) is 1. The molecule has 0 spiro atoms. The number of carbonyl (C=O) groups is 1. The van der Waals surface area contributed by atoms with Crippen molar-refractivity contribution in [2.45, 2.75) is 26.7 Å². The third-order valence-electron chi connectivity index (χ3n) is 2.82. The van der Waals surface area contributed by atoms with Crippen LogP contribution in [0, 0.1) is 0 Å². The molecule has 0 saturated heterocycles. The molecule has 0 radical (unpaired) electrons. The van der Waals surface area contributed by atoms with Crippen molar-refractivity contribution in [2.24, 2.45) is 0 Å². The lowest BCUT2D eigenvalue weighted by Crippen LogP contribution is -2.33. The molecule has 0 aliphatic carbocycles. The van der Waals surface area contributed by atoms with Crippen LogP contribution in [0.2, 0.25) is 5.02 Å². The van der Waals surface area contributed by atoms with Gasteiger partial charge in [0.25, 0.3) is 0 Å². The molecule has 0 fully saturated rings. The van der Waals surface area contributed by atoms with E-state index in [2.05, 4.69) is 0 Å². The predicted octanol–water partition coefficient (Wildman–Crippen LogP) is 3.31. The van der Waals surface area contributed by atoms with Crippen LogP contribution in [0.25, 0.3) is 0 Å². The Morgan fingerprint density at radius 1 is 1.25 bits per heavy atom. The number of benzene rings is 1. The summed E-state index contributed by atoms with van der Waals surface area (Å²) >= 11 is 5.82. The molecule has 0 saturated carbocycles. The number of halogens is 1. The lowest BCUT2D eigenvalue weighted by atomic mass is 10.00. The summed E-state index contributed by atoms with van der Waals surface area (Å²) in [5.74, 6) is 0.0736. The van der Waals surface area contributed by atoms with E-state index in [-0.39, 0.29) is 11.8 Å². The predicted molar refractivity (Wildman–Crippen MR) is 67.8 cm³/mol. The van der Waals surface area contributed by atoms with Gasteiger partial charge in [-0.25, -0.2) is 0 Å². The van der Waals surface area contributed by atoms with Gasteiger partial charge < -0.3 is 4.90 Å². The minimum absolute atomic E-state index is 0.0998. The quantitative estimate of drug-likeness (QED) is 0.790. The summed E-state index contributed by atoms with van der Waals surface area (Å²) in [6, 6.07) is 7.47. The molecule has 2 nitrogen and oxygen atoms in total. The van der Waals surface area contributed by atoms with Crippen molar-refractivity contribution in [1.29, 1.82) is 0 Å². The van der Waals surface area contributed by atoms with E-state index in [0.717, 1.165) is 18.7 Å². The Labute approximate surface area is 102 Å². The number of nitrogens with zero attached hydrogens (tertiary/aromatic N) is 1. The molecular formula is C13H18ClNO. The molecule has 1 aromatic rings. The molecule has 1 rings (SSSR count). The third-order valence-corrected chi connectivity index (χ3v) is 3.07. The summed E-state index contributed by atoms with van der Waals surface area (Å²) in [7, 11) is 0. The minimum atomic E-state index is -0.0998. The molecule has 1 aromatic carbocycles. The van der Waals surface area contributed by atoms with Gasteiger partial charge in [-0.15, -0.1) is 0 Å². The summed E-state index contributed by atoms with van der Waals surface area (Å²) < 4.78 is 0. The normalized spacial score (nSPS) is 12.2. The zero-order chi connectivity index (χ0) is 12.1. The fourth-order valence-corrected chi connectivity index (χ4v) is 1.83. The molecule has 88 valence electrons. The van der Waals surface area contributed by atoms with Crippen LogP contribution < -0.4 is 0 Å². The Bertz CT molecular complexity index is 343. The maximum atomic E-state index is 12.1. The van der Waals surface area contributed by atoms with Crippen LogP contribution in [0.15, 0.2) is 24.3 Å². The summed E-state index contributed by atoms with van der Waals surface area (Å²) in [4.78, 5) is 13.9. The van der Waals surface area contributed by atoms with Crippen molar-refractivity contribution in [3.8, 4) is 0 Å². The van der Waals surface area contributed by atoms with Gasteiger partial charge in [-0.05, 0) is 38.5 Å². The van der Waals surface area contributed by atoms with Crippen molar-refractivity contribution >= 4 is 17.5 Å². The second-order valence-electron chi connectivity index (χ2n) is 3.78. The molecule has 16 heavy (non-hydrogen) atoms. The summed E-state index contributed by atoms with van der Waals surface area (Å²) in [5.41, 5.74) is 1.02. The standard InChI is InChI=1S/C13H18ClNO/c1-4-15(5-2)13(16)10(3)11-6-8-12(14)9-7-11/h6-10H,4-5H2,1-3H3. The second-order valence-corrected chi connectivity index (χ2v) is 4.22. The van der Waals surface area contributed by atoms with Gasteiger partial charge in [0.05, 0.1) is 5.92 Å². The first-order chi connectivity index (χ1) is 7.60. The second kappa shape index (κ2) is 5.90. The van der Waals surface area contributed by atoms with E-state index in [4.69, 9.17) is 11.6 Å². The average molecular weight is 240 g/mol. The maximum Gasteiger partial charge on any atom is 0.229 e. The number of likely N-dealkylation sites (N-methyl/N-ethyl adjacent to an activating group) is 1. The Morgan fingerprint density at radius 3 is 2.19 bits per heavy atom. The average Bonchev–Trinajstić information content (AvgIpc) is 2.30. The molecule has 1 amide bonds. The van der Waals surface area contributed by atoms with Crippen LogP contribution >= 0.6 is 11.6 Å². The van der Waals surface area contributed by atoms with E-state index in [1.165, 1.54) is 0 Å². The number of carbonyl (C=O) groups excluding carboxylic acids is 1. The van der Waals surface area contributed by atoms with Gasteiger partial charge in [-0.3, -0.25) is 4.79 Å². The Kier molecular flexibility index (Phi) is 4.81. The minimum Gasteiger partial charge on any atom is -0.343 e. The Morgan fingerprint density at radius 2 is 1.75 bits per heavy atom. The van der Waals surface area contributed by atoms with Crippen LogP contribution in [0.3, 0.4) is 0 Å². The number of rotatable bonds is 4. The molecule has 3 heteroatoms. The van der Waals surface area contributed by atoms with Gasteiger partial charge in [-0.2, -0.15) is 0 Å². The van der Waals surface area contributed by atoms with Gasteiger partial charge in [0.1, 0.15) is 0 Å². The monoisotopic (exact) mass is 239 g/mol. The van der Waals surface area contributed by atoms with Gasteiger partial charge >= 0.3 is 0 Å². The largest absolute Gasteiger partial charge is 0.343 e. The van der Waals surface area contributed by atoms with Crippen molar-refractivity contribution in [1.82, 2.24) is 4.90 Å². The molecule has 0 N–H and O–H groups in total.